The van der Waals surface area contributed by atoms with Gasteiger partial charge in [-0.25, -0.2) is 14.8 Å². The summed E-state index contributed by atoms with van der Waals surface area (Å²) < 4.78 is 45.9. The maximum atomic E-state index is 12.9. The second-order valence-corrected chi connectivity index (χ2v) is 7.11. The Morgan fingerprint density at radius 3 is 2.75 bits per heavy atom. The van der Waals surface area contributed by atoms with Gasteiger partial charge in [0.2, 0.25) is 0 Å². The molecule has 2 atom stereocenters. The molecule has 0 spiro atoms. The number of imidazole rings is 1. The van der Waals surface area contributed by atoms with Gasteiger partial charge in [-0.2, -0.15) is 13.2 Å². The Hall–Kier alpha value is -3.34. The molecular formula is C21H24F3N5O3. The topological polar surface area (TPSA) is 92.0 Å². The van der Waals surface area contributed by atoms with Crippen LogP contribution < -0.4 is 10.1 Å². The van der Waals surface area contributed by atoms with E-state index in [0.29, 0.717) is 22.8 Å². The van der Waals surface area contributed by atoms with Crippen LogP contribution in [0.3, 0.4) is 0 Å². The van der Waals surface area contributed by atoms with Gasteiger partial charge in [-0.15, -0.1) is 0 Å². The number of nitrogens with one attached hydrogen (secondary N) is 1. The van der Waals surface area contributed by atoms with Gasteiger partial charge < -0.3 is 24.5 Å². The molecule has 1 aromatic carbocycles. The van der Waals surface area contributed by atoms with E-state index in [0.717, 1.165) is 5.56 Å². The van der Waals surface area contributed by atoms with Crippen molar-refractivity contribution in [3.63, 3.8) is 0 Å². The molecule has 0 aliphatic heterocycles. The van der Waals surface area contributed by atoms with Crippen LogP contribution in [0.2, 0.25) is 0 Å². The van der Waals surface area contributed by atoms with Crippen molar-refractivity contribution >= 4 is 11.7 Å². The molecule has 2 aromatic heterocycles. The molecule has 0 saturated carbocycles. The number of hydrogen-bond acceptors (Lipinski definition) is 5. The van der Waals surface area contributed by atoms with E-state index in [1.54, 1.807) is 49.0 Å². The number of halogens is 3. The van der Waals surface area contributed by atoms with E-state index in [-0.39, 0.29) is 6.54 Å². The molecule has 3 aromatic rings. The number of aliphatic hydroxyl groups excluding tert-OH is 1. The maximum Gasteiger partial charge on any atom is 0.410 e. The first-order valence-electron chi connectivity index (χ1n) is 9.92. The molecule has 8 nitrogen and oxygen atoms in total. The number of ether oxygens (including phenoxy) is 1. The van der Waals surface area contributed by atoms with E-state index in [9.17, 15) is 18.0 Å². The second-order valence-electron chi connectivity index (χ2n) is 7.11. The van der Waals surface area contributed by atoms with Crippen LogP contribution in [0, 0.1) is 0 Å². The van der Waals surface area contributed by atoms with Crippen LogP contribution >= 0.6 is 0 Å². The summed E-state index contributed by atoms with van der Waals surface area (Å²) in [5, 5.41) is 10.9. The van der Waals surface area contributed by atoms with E-state index in [1.165, 1.54) is 12.0 Å². The Labute approximate surface area is 182 Å². The molecule has 2 N–H and O–H groups in total. The quantitative estimate of drug-likeness (QED) is 0.574. The molecule has 32 heavy (non-hydrogen) atoms. The van der Waals surface area contributed by atoms with E-state index in [2.05, 4.69) is 9.97 Å². The van der Waals surface area contributed by atoms with Gasteiger partial charge in [-0.3, -0.25) is 0 Å². The zero-order chi connectivity index (χ0) is 23.5. The van der Waals surface area contributed by atoms with Crippen LogP contribution in [-0.2, 0) is 0 Å². The molecule has 0 radical (unpaired) electrons. The number of aliphatic hydroxyl groups is 1. The molecule has 0 saturated heterocycles. The molecule has 2 heterocycles. The highest BCUT2D eigenvalue weighted by molar-refractivity contribution is 5.75. The zero-order valence-electron chi connectivity index (χ0n) is 17.8. The van der Waals surface area contributed by atoms with Crippen molar-refractivity contribution in [2.45, 2.75) is 32.1 Å². The third-order valence-corrected chi connectivity index (χ3v) is 5.15. The highest BCUT2D eigenvalue weighted by atomic mass is 19.4. The average molecular weight is 451 g/mol. The summed E-state index contributed by atoms with van der Waals surface area (Å²) in [7, 11) is 1.50. The van der Waals surface area contributed by atoms with Gasteiger partial charge in [-0.05, 0) is 25.5 Å². The van der Waals surface area contributed by atoms with Crippen LogP contribution in [0.4, 0.5) is 18.0 Å². The Bertz CT molecular complexity index is 1090. The van der Waals surface area contributed by atoms with Gasteiger partial charge in [0.25, 0.3) is 5.88 Å². The van der Waals surface area contributed by atoms with Gasteiger partial charge in [0.1, 0.15) is 6.04 Å². The minimum Gasteiger partial charge on any atom is -0.478 e. The Morgan fingerprint density at radius 1 is 1.38 bits per heavy atom. The Balaban J connectivity index is 1.88. The molecule has 0 fully saturated rings. The normalized spacial score (nSPS) is 13.6. The monoisotopic (exact) mass is 451 g/mol. The molecule has 11 heteroatoms. The van der Waals surface area contributed by atoms with Crippen molar-refractivity contribution in [2.75, 3.05) is 20.3 Å². The minimum absolute atomic E-state index is 0.167. The summed E-state index contributed by atoms with van der Waals surface area (Å²) in [5.41, 5.74) is 2.62. The lowest BCUT2D eigenvalue weighted by Crippen LogP contribution is -2.52. The van der Waals surface area contributed by atoms with E-state index in [1.807, 2.05) is 17.4 Å². The SMILES string of the molecule is CCN(C(=O)NC(CO)C(F)(F)F)[C@H](C)c1cccc(-c2cn3ccnc3c(OC)n2)c1. The molecule has 2 amide bonds. The van der Waals surface area contributed by atoms with Gasteiger partial charge in [0.15, 0.2) is 5.65 Å². The summed E-state index contributed by atoms with van der Waals surface area (Å²) in [5.74, 6) is 0.350. The number of fused-ring (bicyclic) bond motifs is 1. The molecule has 3 rings (SSSR count). The Morgan fingerprint density at radius 2 is 2.12 bits per heavy atom. The van der Waals surface area contributed by atoms with Crippen molar-refractivity contribution in [1.82, 2.24) is 24.6 Å². The van der Waals surface area contributed by atoms with Crippen molar-refractivity contribution in [3.05, 3.63) is 48.4 Å². The number of methoxy groups -OCH3 is 1. The number of alkyl halides is 3. The first kappa shape index (κ1) is 23.3. The average Bonchev–Trinajstić information content (AvgIpc) is 3.25. The summed E-state index contributed by atoms with van der Waals surface area (Å²) in [6.45, 7) is 2.32. The van der Waals surface area contributed by atoms with Gasteiger partial charge in [0.05, 0.1) is 25.5 Å². The highest BCUT2D eigenvalue weighted by Crippen LogP contribution is 2.28. The lowest BCUT2D eigenvalue weighted by atomic mass is 10.0. The second kappa shape index (κ2) is 9.43. The predicted octanol–water partition coefficient (Wildman–Crippen LogP) is 3.42. The number of nitrogens with zero attached hydrogens (tertiary/aromatic N) is 4. The number of amides is 2. The fraction of sp³-hybridized carbons (Fsp3) is 0.381. The van der Waals surface area contributed by atoms with Crippen molar-refractivity contribution in [3.8, 4) is 17.1 Å². The fourth-order valence-corrected chi connectivity index (χ4v) is 3.37. The summed E-state index contributed by atoms with van der Waals surface area (Å²) in [6, 6.07) is 3.44. The summed E-state index contributed by atoms with van der Waals surface area (Å²) in [6.07, 6.45) is 0.425. The highest BCUT2D eigenvalue weighted by Gasteiger charge is 2.41. The first-order valence-corrected chi connectivity index (χ1v) is 9.92. The number of rotatable bonds is 7. The molecule has 172 valence electrons. The van der Waals surface area contributed by atoms with Crippen molar-refractivity contribution in [1.29, 1.82) is 0 Å². The van der Waals surface area contributed by atoms with Crippen LogP contribution in [0.5, 0.6) is 5.88 Å². The van der Waals surface area contributed by atoms with Crippen LogP contribution in [0.15, 0.2) is 42.9 Å². The van der Waals surface area contributed by atoms with Gasteiger partial charge in [-0.1, -0.05) is 18.2 Å². The van der Waals surface area contributed by atoms with Crippen LogP contribution in [0.25, 0.3) is 16.9 Å². The molecule has 0 bridgehead atoms. The fourth-order valence-electron chi connectivity index (χ4n) is 3.37. The van der Waals surface area contributed by atoms with E-state index < -0.39 is 30.9 Å². The summed E-state index contributed by atoms with van der Waals surface area (Å²) >= 11 is 0. The molecule has 1 unspecified atom stereocenters. The number of urea groups is 1. The number of aromatic nitrogens is 3. The lowest BCUT2D eigenvalue weighted by Gasteiger charge is -2.31. The molecule has 0 aliphatic rings. The lowest BCUT2D eigenvalue weighted by molar-refractivity contribution is -0.161. The maximum absolute atomic E-state index is 12.9. The number of carbonyl (C=O) groups excluding carboxylic acids is 1. The zero-order valence-corrected chi connectivity index (χ0v) is 17.8. The largest absolute Gasteiger partial charge is 0.478 e. The predicted molar refractivity (Wildman–Crippen MR) is 111 cm³/mol. The number of carbonyl (C=O) groups is 1. The van der Waals surface area contributed by atoms with E-state index >= 15 is 0 Å². The first-order chi connectivity index (χ1) is 15.2. The van der Waals surface area contributed by atoms with E-state index in [4.69, 9.17) is 9.84 Å². The van der Waals surface area contributed by atoms with Crippen LogP contribution in [-0.4, -0.2) is 62.9 Å². The van der Waals surface area contributed by atoms with Gasteiger partial charge >= 0.3 is 12.2 Å². The van der Waals surface area contributed by atoms with Crippen molar-refractivity contribution in [2.24, 2.45) is 0 Å². The number of benzene rings is 1. The number of hydrogen-bond donors (Lipinski definition) is 2. The van der Waals surface area contributed by atoms with Crippen molar-refractivity contribution < 1.29 is 27.8 Å². The summed E-state index contributed by atoms with van der Waals surface area (Å²) in [4.78, 5) is 22.5. The van der Waals surface area contributed by atoms with Gasteiger partial charge in [0, 0.05) is 30.7 Å². The van der Waals surface area contributed by atoms with Crippen LogP contribution in [0.1, 0.15) is 25.5 Å². The smallest absolute Gasteiger partial charge is 0.410 e. The molecule has 0 aliphatic carbocycles. The molecular weight excluding hydrogens is 427 g/mol. The third kappa shape index (κ3) is 4.77. The standard InChI is InChI=1S/C21H24F3N5O3/c1-4-29(20(31)27-17(12-30)21(22,23)24)13(2)14-6-5-7-15(10-14)16-11-28-9-8-25-18(28)19(26-16)32-3/h5-11,13,17,30H,4,12H2,1-3H3,(H,27,31)/t13-,17?/m1/s1. The third-order valence-electron chi connectivity index (χ3n) is 5.15. The minimum atomic E-state index is -4.75. The Kier molecular flexibility index (Phi) is 6.87.